The number of carbonyl (C=O) groups excluding carboxylic acids is 1. The fourth-order valence-electron chi connectivity index (χ4n) is 4.48. The smallest absolute Gasteiger partial charge is 0.269 e. The monoisotopic (exact) mass is 617 g/mol. The molecular formula is C31H25Cl2N5O3S. The molecule has 0 saturated heterocycles. The summed E-state index contributed by atoms with van der Waals surface area (Å²) < 4.78 is 1.83. The molecule has 8 nitrogen and oxygen atoms in total. The van der Waals surface area contributed by atoms with Crippen molar-refractivity contribution in [2.45, 2.75) is 30.3 Å². The lowest BCUT2D eigenvalue weighted by molar-refractivity contribution is -0.384. The van der Waals surface area contributed by atoms with Crippen molar-refractivity contribution in [2.24, 2.45) is 0 Å². The molecule has 212 valence electrons. The molecule has 0 bridgehead atoms. The van der Waals surface area contributed by atoms with Crippen molar-refractivity contribution in [2.75, 3.05) is 0 Å². The highest BCUT2D eigenvalue weighted by Gasteiger charge is 2.26. The molecule has 5 rings (SSSR count). The lowest BCUT2D eigenvalue weighted by Crippen LogP contribution is -2.32. The molecule has 0 fully saturated rings. The zero-order chi connectivity index (χ0) is 29.6. The summed E-state index contributed by atoms with van der Waals surface area (Å²) in [5.74, 6) is 0.700. The molecule has 0 aliphatic heterocycles. The number of nitro benzene ring substituents is 1. The number of thioether (sulfide) groups is 1. The number of non-ortho nitro benzene ring substituents is 1. The van der Waals surface area contributed by atoms with Crippen LogP contribution in [0.5, 0.6) is 0 Å². The average Bonchev–Trinajstić information content (AvgIpc) is 3.40. The van der Waals surface area contributed by atoms with E-state index in [1.807, 2.05) is 60.0 Å². The van der Waals surface area contributed by atoms with Crippen molar-refractivity contribution in [3.63, 3.8) is 0 Å². The number of aromatic nitrogens is 3. The number of carbonyl (C=O) groups is 1. The number of hydrogen-bond acceptors (Lipinski definition) is 6. The summed E-state index contributed by atoms with van der Waals surface area (Å²) in [6.07, 6.45) is 0.408. The molecule has 0 aliphatic carbocycles. The predicted molar refractivity (Wildman–Crippen MR) is 166 cm³/mol. The van der Waals surface area contributed by atoms with Crippen LogP contribution in [0.15, 0.2) is 102 Å². The first-order chi connectivity index (χ1) is 20.3. The van der Waals surface area contributed by atoms with E-state index in [1.165, 1.54) is 30.0 Å². The largest absolute Gasteiger partial charge is 0.342 e. The van der Waals surface area contributed by atoms with E-state index in [0.717, 1.165) is 16.7 Å². The SMILES string of the molecule is Cc1cccc(CSc2nnc([C@H](Cc3ccccc3)NC(=O)c3ccc(Cl)cc3Cl)n2-c2ccc([N+](=O)[O-])cc2)c1. The molecule has 0 aliphatic rings. The van der Waals surface area contributed by atoms with Gasteiger partial charge >= 0.3 is 0 Å². The van der Waals surface area contributed by atoms with E-state index in [1.54, 1.807) is 24.3 Å². The van der Waals surface area contributed by atoms with Crippen LogP contribution < -0.4 is 5.32 Å². The highest BCUT2D eigenvalue weighted by molar-refractivity contribution is 7.98. The number of amides is 1. The lowest BCUT2D eigenvalue weighted by Gasteiger charge is -2.21. The minimum atomic E-state index is -0.623. The molecule has 1 heterocycles. The zero-order valence-electron chi connectivity index (χ0n) is 22.4. The van der Waals surface area contributed by atoms with Crippen LogP contribution in [0.2, 0.25) is 10.0 Å². The Morgan fingerprint density at radius 3 is 2.38 bits per heavy atom. The summed E-state index contributed by atoms with van der Waals surface area (Å²) in [5.41, 5.74) is 4.10. The van der Waals surface area contributed by atoms with E-state index in [-0.39, 0.29) is 16.3 Å². The Bertz CT molecular complexity index is 1730. The number of nitrogens with zero attached hydrogens (tertiary/aromatic N) is 4. The van der Waals surface area contributed by atoms with E-state index in [9.17, 15) is 14.9 Å². The third kappa shape index (κ3) is 6.99. The van der Waals surface area contributed by atoms with Crippen LogP contribution in [-0.2, 0) is 12.2 Å². The Kier molecular flexibility index (Phi) is 9.22. The third-order valence-corrected chi connectivity index (χ3v) is 8.05. The first-order valence-corrected chi connectivity index (χ1v) is 14.7. The number of halogens is 2. The Morgan fingerprint density at radius 2 is 1.69 bits per heavy atom. The maximum atomic E-state index is 13.5. The van der Waals surface area contributed by atoms with Gasteiger partial charge in [0.25, 0.3) is 11.6 Å². The number of rotatable bonds is 10. The van der Waals surface area contributed by atoms with Crippen molar-refractivity contribution < 1.29 is 9.72 Å². The lowest BCUT2D eigenvalue weighted by atomic mass is 10.0. The van der Waals surface area contributed by atoms with Gasteiger partial charge in [-0.1, -0.05) is 95.1 Å². The number of nitro groups is 1. The van der Waals surface area contributed by atoms with Crippen LogP contribution >= 0.6 is 35.0 Å². The molecule has 0 unspecified atom stereocenters. The van der Waals surface area contributed by atoms with Crippen LogP contribution in [0.25, 0.3) is 5.69 Å². The van der Waals surface area contributed by atoms with Gasteiger partial charge in [0, 0.05) is 28.6 Å². The topological polar surface area (TPSA) is 103 Å². The van der Waals surface area contributed by atoms with Gasteiger partial charge in [0.15, 0.2) is 11.0 Å². The molecular weight excluding hydrogens is 593 g/mol. The van der Waals surface area contributed by atoms with Gasteiger partial charge in [0.2, 0.25) is 0 Å². The Balaban J connectivity index is 1.56. The second-order valence-corrected chi connectivity index (χ2v) is 11.4. The molecule has 11 heteroatoms. The average molecular weight is 619 g/mol. The third-order valence-electron chi connectivity index (χ3n) is 6.50. The van der Waals surface area contributed by atoms with Crippen LogP contribution in [-0.4, -0.2) is 25.6 Å². The molecule has 4 aromatic carbocycles. The highest BCUT2D eigenvalue weighted by Crippen LogP contribution is 2.31. The van der Waals surface area contributed by atoms with Gasteiger partial charge in [0.1, 0.15) is 0 Å². The first-order valence-electron chi connectivity index (χ1n) is 13.0. The van der Waals surface area contributed by atoms with Gasteiger partial charge in [-0.15, -0.1) is 10.2 Å². The Morgan fingerprint density at radius 1 is 0.952 bits per heavy atom. The molecule has 1 amide bonds. The van der Waals surface area contributed by atoms with Crippen LogP contribution in [0.3, 0.4) is 0 Å². The molecule has 0 saturated carbocycles. The maximum Gasteiger partial charge on any atom is 0.269 e. The minimum absolute atomic E-state index is 0.0335. The first kappa shape index (κ1) is 29.3. The van der Waals surface area contributed by atoms with E-state index in [4.69, 9.17) is 23.2 Å². The quantitative estimate of drug-likeness (QED) is 0.0974. The molecule has 1 atom stereocenters. The summed E-state index contributed by atoms with van der Waals surface area (Å²) in [4.78, 5) is 24.4. The second-order valence-electron chi connectivity index (χ2n) is 9.57. The Hall–Kier alpha value is -4.18. The summed E-state index contributed by atoms with van der Waals surface area (Å²) in [6, 6.07) is 28.1. The molecule has 0 spiro atoms. The van der Waals surface area contributed by atoms with Crippen molar-refractivity contribution >= 4 is 46.6 Å². The van der Waals surface area contributed by atoms with Gasteiger partial charge in [-0.3, -0.25) is 19.5 Å². The van der Waals surface area contributed by atoms with Crippen LogP contribution in [0, 0.1) is 17.0 Å². The fraction of sp³-hybridized carbons (Fsp3) is 0.129. The number of nitrogens with one attached hydrogen (secondary N) is 1. The van der Waals surface area contributed by atoms with Gasteiger partial charge < -0.3 is 5.32 Å². The highest BCUT2D eigenvalue weighted by atomic mass is 35.5. The predicted octanol–water partition coefficient (Wildman–Crippen LogP) is 7.80. The van der Waals surface area contributed by atoms with E-state index < -0.39 is 16.9 Å². The van der Waals surface area contributed by atoms with Gasteiger partial charge in [-0.25, -0.2) is 0 Å². The molecule has 5 aromatic rings. The van der Waals surface area contributed by atoms with Crippen LogP contribution in [0.4, 0.5) is 5.69 Å². The number of benzene rings is 4. The van der Waals surface area contributed by atoms with Gasteiger partial charge in [0.05, 0.1) is 21.6 Å². The summed E-state index contributed by atoms with van der Waals surface area (Å²) in [5, 5.41) is 24.7. The number of aryl methyl sites for hydroxylation is 1. The van der Waals surface area contributed by atoms with Crippen molar-refractivity contribution in [1.29, 1.82) is 0 Å². The van der Waals surface area contributed by atoms with E-state index >= 15 is 0 Å². The summed E-state index contributed by atoms with van der Waals surface area (Å²) in [7, 11) is 0. The minimum Gasteiger partial charge on any atom is -0.342 e. The van der Waals surface area contributed by atoms with Gasteiger partial charge in [-0.05, 0) is 54.8 Å². The maximum absolute atomic E-state index is 13.5. The van der Waals surface area contributed by atoms with Crippen molar-refractivity contribution in [3.8, 4) is 5.69 Å². The van der Waals surface area contributed by atoms with Crippen LogP contribution in [0.1, 0.15) is 38.9 Å². The molecule has 0 radical (unpaired) electrons. The molecule has 1 N–H and O–H groups in total. The molecule has 42 heavy (non-hydrogen) atoms. The van der Waals surface area contributed by atoms with E-state index in [2.05, 4.69) is 21.6 Å². The summed E-state index contributed by atoms with van der Waals surface area (Å²) in [6.45, 7) is 2.04. The fourth-order valence-corrected chi connectivity index (χ4v) is 5.88. The van der Waals surface area contributed by atoms with Crippen molar-refractivity contribution in [1.82, 2.24) is 20.1 Å². The van der Waals surface area contributed by atoms with Gasteiger partial charge in [-0.2, -0.15) is 0 Å². The van der Waals surface area contributed by atoms with E-state index in [0.29, 0.717) is 33.9 Å². The van der Waals surface area contributed by atoms with Crippen molar-refractivity contribution in [3.05, 3.63) is 145 Å². The molecule has 1 aromatic heterocycles. The standard InChI is InChI=1S/C31H25Cl2N5O3S/c1-20-6-5-9-22(16-20)19-42-31-36-35-29(37(31)24-11-13-25(14-12-24)38(40)41)28(17-21-7-3-2-4-8-21)34-30(39)26-15-10-23(32)18-27(26)33/h2-16,18,28H,17,19H2,1H3,(H,34,39)/t28-/m0/s1. The normalized spacial score (nSPS) is 11.7. The summed E-state index contributed by atoms with van der Waals surface area (Å²) >= 11 is 13.9. The zero-order valence-corrected chi connectivity index (χ0v) is 24.7. The number of hydrogen-bond donors (Lipinski definition) is 1. The second kappa shape index (κ2) is 13.2. The Labute approximate surface area is 256 Å².